The van der Waals surface area contributed by atoms with Gasteiger partial charge in [-0.2, -0.15) is 0 Å². The number of aromatic nitrogens is 2. The molecule has 0 radical (unpaired) electrons. The Hall–Kier alpha value is -5.88. The van der Waals surface area contributed by atoms with Crippen LogP contribution >= 0.6 is 11.6 Å². The van der Waals surface area contributed by atoms with Crippen LogP contribution in [0.1, 0.15) is 77.1 Å². The molecular formula is C46H48ClN9O5. The normalized spacial score (nSPS) is 20.7. The number of hydrogen-bond donors (Lipinski definition) is 1. The zero-order chi connectivity index (χ0) is 42.4. The summed E-state index contributed by atoms with van der Waals surface area (Å²) in [6.45, 7) is 19.4. The Balaban J connectivity index is 0.717. The summed E-state index contributed by atoms with van der Waals surface area (Å²) in [7, 11) is 0. The predicted octanol–water partition coefficient (Wildman–Crippen LogP) is 5.46. The molecule has 5 aliphatic heterocycles. The smallest absolute Gasteiger partial charge is 0.262 e. The number of halogens is 1. The third-order valence-corrected chi connectivity index (χ3v) is 13.4. The summed E-state index contributed by atoms with van der Waals surface area (Å²) in [4.78, 5) is 74.4. The summed E-state index contributed by atoms with van der Waals surface area (Å²) in [5.74, 6) is -0.464. The number of benzene rings is 3. The number of nitrogens with zero attached hydrogens (tertiary/aromatic N) is 8. The summed E-state index contributed by atoms with van der Waals surface area (Å²) >= 11 is 6.31. The minimum Gasteiger partial charge on any atom is -0.487 e. The zero-order valence-corrected chi connectivity index (χ0v) is 35.1. The van der Waals surface area contributed by atoms with Crippen molar-refractivity contribution in [3.05, 3.63) is 117 Å². The second-order valence-corrected chi connectivity index (χ2v) is 17.6. The minimum absolute atomic E-state index is 0.0974. The first-order valence-corrected chi connectivity index (χ1v) is 21.4. The van der Waals surface area contributed by atoms with Gasteiger partial charge in [0.25, 0.3) is 11.8 Å². The van der Waals surface area contributed by atoms with E-state index in [1.807, 2.05) is 36.4 Å². The van der Waals surface area contributed by atoms with Crippen molar-refractivity contribution in [1.29, 1.82) is 0 Å². The van der Waals surface area contributed by atoms with Crippen LogP contribution in [0, 0.1) is 6.57 Å². The Labute approximate surface area is 360 Å². The van der Waals surface area contributed by atoms with E-state index < -0.39 is 23.8 Å². The van der Waals surface area contributed by atoms with Gasteiger partial charge in [-0.3, -0.25) is 39.2 Å². The molecule has 15 heteroatoms. The Morgan fingerprint density at radius 3 is 2.26 bits per heavy atom. The van der Waals surface area contributed by atoms with E-state index in [2.05, 4.69) is 60.7 Å². The van der Waals surface area contributed by atoms with E-state index in [0.717, 1.165) is 104 Å². The number of anilines is 2. The standard InChI is InChI=1S/C46H48ClN9O5/c1-46(2,30-22-31(47)24-33(23-30)48-3)29-4-7-37(8-5-29)61-28-32-12-15-49-45(50-32)54-20-18-53(19-21-54)36-26-55(27-36)34-13-16-52(17-14-34)35-6-9-38-39(25-35)44(60)56(43(38)59)40-10-11-41(57)51-42(40)58/h4-9,12,15,22-25,34,36,40H,10-11,13-14,16-21,26-28H2,1-2H3,(H,51,57,58). The second-order valence-electron chi connectivity index (χ2n) is 17.1. The Morgan fingerprint density at radius 1 is 0.803 bits per heavy atom. The van der Waals surface area contributed by atoms with Crippen molar-refractivity contribution in [3.8, 4) is 5.75 Å². The number of piperazine rings is 1. The van der Waals surface area contributed by atoms with E-state index in [1.54, 1.807) is 24.4 Å². The maximum Gasteiger partial charge on any atom is 0.262 e. The highest BCUT2D eigenvalue weighted by molar-refractivity contribution is 6.31. The van der Waals surface area contributed by atoms with E-state index in [0.29, 0.717) is 40.5 Å². The maximum absolute atomic E-state index is 13.4. The molecule has 4 aromatic rings. The van der Waals surface area contributed by atoms with Crippen LogP contribution in [0.25, 0.3) is 4.85 Å². The molecular weight excluding hydrogens is 794 g/mol. The molecule has 61 heavy (non-hydrogen) atoms. The van der Waals surface area contributed by atoms with Gasteiger partial charge in [-0.05, 0) is 78.9 Å². The highest BCUT2D eigenvalue weighted by Gasteiger charge is 2.45. The third-order valence-electron chi connectivity index (χ3n) is 13.2. The number of imide groups is 2. The number of piperidine rings is 2. The molecule has 4 saturated heterocycles. The lowest BCUT2D eigenvalue weighted by molar-refractivity contribution is -0.136. The van der Waals surface area contributed by atoms with E-state index in [-0.39, 0.29) is 24.2 Å². The zero-order valence-electron chi connectivity index (χ0n) is 34.3. The number of fused-ring (bicyclic) bond motifs is 1. The fourth-order valence-corrected chi connectivity index (χ4v) is 9.59. The van der Waals surface area contributed by atoms with Gasteiger partial charge in [0.05, 0.1) is 23.4 Å². The van der Waals surface area contributed by atoms with Crippen molar-refractivity contribution in [2.24, 2.45) is 0 Å². The summed E-state index contributed by atoms with van der Waals surface area (Å²) in [6.07, 6.45) is 4.08. The van der Waals surface area contributed by atoms with Gasteiger partial charge in [-0.25, -0.2) is 14.8 Å². The van der Waals surface area contributed by atoms with Gasteiger partial charge < -0.3 is 14.5 Å². The first-order chi connectivity index (χ1) is 29.4. The van der Waals surface area contributed by atoms with Crippen LogP contribution in [-0.4, -0.2) is 119 Å². The Bertz CT molecular complexity index is 2410. The molecule has 1 atom stereocenters. The number of nitrogens with one attached hydrogen (secondary N) is 1. The van der Waals surface area contributed by atoms with Crippen LogP contribution < -0.4 is 19.9 Å². The predicted molar refractivity (Wildman–Crippen MR) is 230 cm³/mol. The highest BCUT2D eigenvalue weighted by atomic mass is 35.5. The van der Waals surface area contributed by atoms with Crippen molar-refractivity contribution in [2.75, 3.05) is 62.2 Å². The quantitative estimate of drug-likeness (QED) is 0.161. The maximum atomic E-state index is 13.4. The average molecular weight is 842 g/mol. The topological polar surface area (TPSA) is 136 Å². The van der Waals surface area contributed by atoms with Crippen molar-refractivity contribution in [2.45, 2.75) is 69.7 Å². The van der Waals surface area contributed by atoms with Crippen LogP contribution in [0.5, 0.6) is 5.75 Å². The molecule has 1 N–H and O–H groups in total. The fourth-order valence-electron chi connectivity index (χ4n) is 9.36. The van der Waals surface area contributed by atoms with Gasteiger partial charge in [0.1, 0.15) is 18.4 Å². The van der Waals surface area contributed by atoms with Gasteiger partial charge >= 0.3 is 0 Å². The van der Waals surface area contributed by atoms with Crippen LogP contribution in [0.15, 0.2) is 72.9 Å². The van der Waals surface area contributed by atoms with Crippen molar-refractivity contribution in [3.63, 3.8) is 0 Å². The van der Waals surface area contributed by atoms with Gasteiger partial charge in [-0.15, -0.1) is 0 Å². The SMILES string of the molecule is [C-]#[N+]c1cc(Cl)cc(C(C)(C)c2ccc(OCc3ccnc(N4CCN(C5CN(C6CCN(c7ccc8c(c7)C(=O)N(C7CCC(=O)NC7=O)C8=O)CC6)C5)CC4)n3)cc2)c1. The molecule has 9 rings (SSSR count). The monoisotopic (exact) mass is 841 g/mol. The molecule has 3 aromatic carbocycles. The van der Waals surface area contributed by atoms with E-state index in [1.165, 1.54) is 0 Å². The molecule has 0 aliphatic carbocycles. The van der Waals surface area contributed by atoms with Gasteiger partial charge in [-0.1, -0.05) is 43.6 Å². The number of rotatable bonds is 10. The number of carbonyl (C=O) groups excluding carboxylic acids is 4. The molecule has 14 nitrogen and oxygen atoms in total. The molecule has 5 aliphatic rings. The molecule has 4 amide bonds. The number of likely N-dealkylation sites (tertiary alicyclic amines) is 1. The van der Waals surface area contributed by atoms with Gasteiger partial charge in [0.2, 0.25) is 17.8 Å². The van der Waals surface area contributed by atoms with Crippen LogP contribution in [0.4, 0.5) is 17.3 Å². The lowest BCUT2D eigenvalue weighted by Crippen LogP contribution is -2.66. The third kappa shape index (κ3) is 8.05. The summed E-state index contributed by atoms with van der Waals surface area (Å²) in [5.41, 5.74) is 4.61. The van der Waals surface area contributed by atoms with E-state index in [4.69, 9.17) is 27.9 Å². The summed E-state index contributed by atoms with van der Waals surface area (Å²) in [6, 6.07) is 20.9. The molecule has 6 heterocycles. The molecule has 0 bridgehead atoms. The number of ether oxygens (including phenoxy) is 1. The van der Waals surface area contributed by atoms with E-state index in [9.17, 15) is 19.2 Å². The summed E-state index contributed by atoms with van der Waals surface area (Å²) < 4.78 is 6.14. The molecule has 0 saturated carbocycles. The largest absolute Gasteiger partial charge is 0.487 e. The van der Waals surface area contributed by atoms with Gasteiger partial charge in [0, 0.05) is 93.2 Å². The minimum atomic E-state index is -0.966. The molecule has 4 fully saturated rings. The molecule has 1 unspecified atom stereocenters. The van der Waals surface area contributed by atoms with Crippen LogP contribution in [0.2, 0.25) is 5.02 Å². The molecule has 0 spiro atoms. The first kappa shape index (κ1) is 40.5. The Kier molecular flexibility index (Phi) is 11.0. The summed E-state index contributed by atoms with van der Waals surface area (Å²) in [5, 5.41) is 2.81. The number of amides is 4. The van der Waals surface area contributed by atoms with E-state index >= 15 is 0 Å². The molecule has 314 valence electrons. The lowest BCUT2D eigenvalue weighted by Gasteiger charge is -2.52. The van der Waals surface area contributed by atoms with Crippen molar-refractivity contribution >= 4 is 52.6 Å². The average Bonchev–Trinajstić information content (AvgIpc) is 3.50. The number of hydrogen-bond acceptors (Lipinski definition) is 11. The van der Waals surface area contributed by atoms with Crippen LogP contribution in [-0.2, 0) is 21.6 Å². The van der Waals surface area contributed by atoms with Crippen LogP contribution in [0.3, 0.4) is 0 Å². The Morgan fingerprint density at radius 2 is 1.54 bits per heavy atom. The lowest BCUT2D eigenvalue weighted by atomic mass is 9.78. The fraction of sp³-hybridized carbons (Fsp3) is 0.413. The number of carbonyl (C=O) groups is 4. The first-order valence-electron chi connectivity index (χ1n) is 21.0. The highest BCUT2D eigenvalue weighted by Crippen LogP contribution is 2.37. The second kappa shape index (κ2) is 16.5. The van der Waals surface area contributed by atoms with Crippen molar-refractivity contribution < 1.29 is 23.9 Å². The van der Waals surface area contributed by atoms with Crippen molar-refractivity contribution in [1.82, 2.24) is 30.0 Å². The molecule has 1 aromatic heterocycles. The van der Waals surface area contributed by atoms with Gasteiger partial charge in [0.15, 0.2) is 5.69 Å².